The summed E-state index contributed by atoms with van der Waals surface area (Å²) in [6.45, 7) is 0. The summed E-state index contributed by atoms with van der Waals surface area (Å²) in [7, 11) is -4.23. The predicted molar refractivity (Wildman–Crippen MR) is 60.7 cm³/mol. The molecule has 0 atom stereocenters. The van der Waals surface area contributed by atoms with Crippen molar-refractivity contribution in [2.24, 2.45) is 10.9 Å². The largest absolute Gasteiger partial charge is 0.389 e. The third-order valence-electron chi connectivity index (χ3n) is 2.36. The Labute approximate surface area is 107 Å². The fraction of sp³-hybridized carbons (Fsp3) is 0.300. The van der Waals surface area contributed by atoms with Crippen LogP contribution in [0.3, 0.4) is 0 Å². The summed E-state index contributed by atoms with van der Waals surface area (Å²) in [6, 6.07) is 3.38. The molecule has 106 valence electrons. The Hall–Kier alpha value is -1.61. The Balaban J connectivity index is 3.35. The highest BCUT2D eigenvalue weighted by molar-refractivity contribution is 7.89. The Morgan fingerprint density at radius 2 is 1.84 bits per heavy atom. The van der Waals surface area contributed by atoms with E-state index in [1.54, 1.807) is 0 Å². The molecule has 1 aromatic carbocycles. The fourth-order valence-electron chi connectivity index (χ4n) is 1.59. The van der Waals surface area contributed by atoms with Crippen molar-refractivity contribution in [2.45, 2.75) is 23.9 Å². The van der Waals surface area contributed by atoms with E-state index in [4.69, 9.17) is 10.9 Å². The number of primary amides is 1. The predicted octanol–water partition coefficient (Wildman–Crippen LogP) is 0.928. The van der Waals surface area contributed by atoms with Gasteiger partial charge in [-0.1, -0.05) is 6.07 Å². The molecule has 0 unspecified atom stereocenters. The lowest BCUT2D eigenvalue weighted by molar-refractivity contribution is -0.134. The molecule has 0 aliphatic rings. The molecule has 5 nitrogen and oxygen atoms in total. The van der Waals surface area contributed by atoms with E-state index in [9.17, 15) is 26.4 Å². The lowest BCUT2D eigenvalue weighted by Gasteiger charge is -2.12. The number of alkyl halides is 3. The van der Waals surface area contributed by atoms with Gasteiger partial charge in [-0.15, -0.1) is 0 Å². The second-order valence-electron chi connectivity index (χ2n) is 3.81. The first-order valence-electron chi connectivity index (χ1n) is 5.03. The van der Waals surface area contributed by atoms with Crippen molar-refractivity contribution < 1.29 is 26.4 Å². The second-order valence-corrected chi connectivity index (χ2v) is 5.34. The summed E-state index contributed by atoms with van der Waals surface area (Å²) in [5.74, 6) is -1.01. The maximum Gasteiger partial charge on any atom is 0.389 e. The average Bonchev–Trinajstić information content (AvgIpc) is 2.23. The molecule has 0 saturated heterocycles. The third kappa shape index (κ3) is 4.21. The summed E-state index contributed by atoms with van der Waals surface area (Å²) in [4.78, 5) is 10.6. The molecule has 0 heterocycles. The van der Waals surface area contributed by atoms with Gasteiger partial charge in [0, 0.05) is 12.0 Å². The van der Waals surface area contributed by atoms with E-state index in [-0.39, 0.29) is 11.1 Å². The lowest BCUT2D eigenvalue weighted by atomic mass is 10.0. The number of benzene rings is 1. The number of nitrogens with two attached hydrogens (primary N) is 2. The molecule has 0 radical (unpaired) electrons. The van der Waals surface area contributed by atoms with Crippen LogP contribution in [0, 0.1) is 0 Å². The summed E-state index contributed by atoms with van der Waals surface area (Å²) < 4.78 is 59.2. The van der Waals surface area contributed by atoms with Gasteiger partial charge < -0.3 is 5.73 Å². The van der Waals surface area contributed by atoms with Gasteiger partial charge in [0.25, 0.3) is 0 Å². The zero-order valence-corrected chi connectivity index (χ0v) is 10.4. The van der Waals surface area contributed by atoms with Crippen LogP contribution in [0.25, 0.3) is 0 Å². The lowest BCUT2D eigenvalue weighted by Crippen LogP contribution is -2.21. The van der Waals surface area contributed by atoms with E-state index in [2.05, 4.69) is 0 Å². The van der Waals surface area contributed by atoms with Crippen molar-refractivity contribution in [3.63, 3.8) is 0 Å². The molecule has 19 heavy (non-hydrogen) atoms. The van der Waals surface area contributed by atoms with Crippen molar-refractivity contribution in [3.8, 4) is 0 Å². The van der Waals surface area contributed by atoms with Crippen molar-refractivity contribution in [3.05, 3.63) is 29.3 Å². The molecule has 1 amide bonds. The maximum absolute atomic E-state index is 12.2. The van der Waals surface area contributed by atoms with E-state index < -0.39 is 39.8 Å². The van der Waals surface area contributed by atoms with Gasteiger partial charge in [0.05, 0.1) is 4.90 Å². The highest BCUT2D eigenvalue weighted by Gasteiger charge is 2.29. The number of carbonyl (C=O) groups is 1. The SMILES string of the molecule is NC(=O)c1cccc(S(N)(=O)=O)c1CCC(F)(F)F. The first-order valence-corrected chi connectivity index (χ1v) is 6.58. The molecule has 9 heteroatoms. The number of hydrogen-bond donors (Lipinski definition) is 2. The maximum atomic E-state index is 12.2. The topological polar surface area (TPSA) is 103 Å². The fourth-order valence-corrected chi connectivity index (χ4v) is 2.41. The summed E-state index contributed by atoms with van der Waals surface area (Å²) in [5.41, 5.74) is 4.42. The molecule has 0 saturated carbocycles. The quantitative estimate of drug-likeness (QED) is 0.863. The first kappa shape index (κ1) is 15.4. The molecule has 0 fully saturated rings. The molecule has 0 aromatic heterocycles. The normalized spacial score (nSPS) is 12.4. The van der Waals surface area contributed by atoms with Gasteiger partial charge in [-0.3, -0.25) is 4.79 Å². The third-order valence-corrected chi connectivity index (χ3v) is 3.36. The van der Waals surface area contributed by atoms with Gasteiger partial charge in [0.15, 0.2) is 0 Å². The number of sulfonamides is 1. The molecule has 0 spiro atoms. The van der Waals surface area contributed by atoms with Crippen LogP contribution in [0.5, 0.6) is 0 Å². The van der Waals surface area contributed by atoms with E-state index >= 15 is 0 Å². The molecular weight excluding hydrogens is 285 g/mol. The van der Waals surface area contributed by atoms with Crippen LogP contribution in [0.15, 0.2) is 23.1 Å². The Morgan fingerprint density at radius 3 is 2.26 bits per heavy atom. The monoisotopic (exact) mass is 296 g/mol. The second kappa shape index (κ2) is 5.17. The molecule has 4 N–H and O–H groups in total. The van der Waals surface area contributed by atoms with Gasteiger partial charge in [-0.2, -0.15) is 13.2 Å². The van der Waals surface area contributed by atoms with Crippen LogP contribution < -0.4 is 10.9 Å². The molecule has 0 aliphatic carbocycles. The van der Waals surface area contributed by atoms with Crippen LogP contribution in [-0.2, 0) is 16.4 Å². The number of primary sulfonamides is 1. The zero-order chi connectivity index (χ0) is 14.8. The van der Waals surface area contributed by atoms with Crippen LogP contribution >= 0.6 is 0 Å². The van der Waals surface area contributed by atoms with Crippen molar-refractivity contribution in [1.82, 2.24) is 0 Å². The van der Waals surface area contributed by atoms with Crippen LogP contribution in [0.1, 0.15) is 22.3 Å². The Morgan fingerprint density at radius 1 is 1.26 bits per heavy atom. The molecule has 0 bridgehead atoms. The van der Waals surface area contributed by atoms with Gasteiger partial charge in [-0.25, -0.2) is 13.6 Å². The Kier molecular flexibility index (Phi) is 4.21. The number of hydrogen-bond acceptors (Lipinski definition) is 3. The van der Waals surface area contributed by atoms with Gasteiger partial charge in [0.1, 0.15) is 0 Å². The van der Waals surface area contributed by atoms with Crippen molar-refractivity contribution >= 4 is 15.9 Å². The zero-order valence-electron chi connectivity index (χ0n) is 9.57. The van der Waals surface area contributed by atoms with E-state index in [1.807, 2.05) is 0 Å². The van der Waals surface area contributed by atoms with Crippen molar-refractivity contribution in [2.75, 3.05) is 0 Å². The molecule has 1 aromatic rings. The Bertz CT molecular complexity index is 597. The minimum absolute atomic E-state index is 0.282. The number of halogens is 3. The van der Waals surface area contributed by atoms with Crippen molar-refractivity contribution in [1.29, 1.82) is 0 Å². The van der Waals surface area contributed by atoms with E-state index in [0.29, 0.717) is 0 Å². The number of rotatable bonds is 4. The summed E-state index contributed by atoms with van der Waals surface area (Å²) in [6.07, 6.45) is -6.45. The minimum atomic E-state index is -4.49. The number of amides is 1. The molecule has 0 aliphatic heterocycles. The standard InChI is InChI=1S/C10H11F3N2O3S/c11-10(12,13)5-4-6-7(9(14)16)2-1-3-8(6)19(15,17)18/h1-3H,4-5H2,(H2,14,16)(H2,15,17,18). The highest BCUT2D eigenvalue weighted by Crippen LogP contribution is 2.26. The smallest absolute Gasteiger partial charge is 0.366 e. The summed E-state index contributed by atoms with van der Waals surface area (Å²) in [5, 5.41) is 4.90. The number of carbonyl (C=O) groups excluding carboxylic acids is 1. The van der Waals surface area contributed by atoms with Gasteiger partial charge >= 0.3 is 6.18 Å². The van der Waals surface area contributed by atoms with Gasteiger partial charge in [-0.05, 0) is 24.1 Å². The average molecular weight is 296 g/mol. The van der Waals surface area contributed by atoms with Gasteiger partial charge in [0.2, 0.25) is 15.9 Å². The molecular formula is C10H11F3N2O3S. The molecule has 1 rings (SSSR count). The summed E-state index contributed by atoms with van der Waals surface area (Å²) >= 11 is 0. The van der Waals surface area contributed by atoms with Crippen LogP contribution in [0.2, 0.25) is 0 Å². The first-order chi connectivity index (χ1) is 8.52. The highest BCUT2D eigenvalue weighted by atomic mass is 32.2. The van der Waals surface area contributed by atoms with Crippen LogP contribution in [-0.4, -0.2) is 20.5 Å². The minimum Gasteiger partial charge on any atom is -0.366 e. The van der Waals surface area contributed by atoms with E-state index in [0.717, 1.165) is 12.1 Å². The van der Waals surface area contributed by atoms with Crippen LogP contribution in [0.4, 0.5) is 13.2 Å². The van der Waals surface area contributed by atoms with E-state index in [1.165, 1.54) is 6.07 Å².